The van der Waals surface area contributed by atoms with Crippen LogP contribution in [0.5, 0.6) is 11.5 Å². The molecule has 3 saturated heterocycles. The molecule has 2 N–H and O–H groups in total. The number of rotatable bonds is 8. The molecule has 0 aliphatic carbocycles. The summed E-state index contributed by atoms with van der Waals surface area (Å²) >= 11 is 0. The van der Waals surface area contributed by atoms with Gasteiger partial charge in [0, 0.05) is 62.5 Å². The third-order valence-corrected chi connectivity index (χ3v) is 9.76. The summed E-state index contributed by atoms with van der Waals surface area (Å²) in [5.74, 6) is -0.665. The van der Waals surface area contributed by atoms with Gasteiger partial charge in [0.1, 0.15) is 0 Å². The lowest BCUT2D eigenvalue weighted by Crippen LogP contribution is -2.44. The van der Waals surface area contributed by atoms with Gasteiger partial charge in [-0.1, -0.05) is 73.5 Å². The topological polar surface area (TPSA) is 109 Å². The van der Waals surface area contributed by atoms with Gasteiger partial charge in [0.25, 0.3) is 11.1 Å². The maximum absolute atomic E-state index is 12.5. The van der Waals surface area contributed by atoms with Gasteiger partial charge in [-0.25, -0.2) is 0 Å². The first-order chi connectivity index (χ1) is 23.9. The van der Waals surface area contributed by atoms with Gasteiger partial charge < -0.3 is 28.8 Å². The highest BCUT2D eigenvalue weighted by molar-refractivity contribution is 5.31. The number of hydrogen-bond donors (Lipinski definition) is 2. The summed E-state index contributed by atoms with van der Waals surface area (Å²) in [6, 6.07) is 23.3. The average Bonchev–Trinajstić information content (AvgIpc) is 3.43. The van der Waals surface area contributed by atoms with Crippen LogP contribution in [0.4, 0.5) is 0 Å². The van der Waals surface area contributed by atoms with Gasteiger partial charge in [-0.05, 0) is 49.2 Å². The van der Waals surface area contributed by atoms with Gasteiger partial charge >= 0.3 is 0 Å². The quantitative estimate of drug-likeness (QED) is 0.273. The molecule has 0 bridgehead atoms. The van der Waals surface area contributed by atoms with Crippen molar-refractivity contribution in [1.82, 2.24) is 18.9 Å². The Labute approximate surface area is 287 Å². The number of likely N-dealkylation sites (tertiary alicyclic amines) is 2. The van der Waals surface area contributed by atoms with E-state index in [0.717, 1.165) is 55.7 Å². The fourth-order valence-electron chi connectivity index (χ4n) is 6.88. The van der Waals surface area contributed by atoms with E-state index in [1.807, 2.05) is 72.8 Å². The second-order valence-corrected chi connectivity index (χ2v) is 13.3. The third kappa shape index (κ3) is 9.07. The van der Waals surface area contributed by atoms with E-state index in [0.29, 0.717) is 45.0 Å². The van der Waals surface area contributed by atoms with Crippen molar-refractivity contribution >= 4 is 0 Å². The summed E-state index contributed by atoms with van der Waals surface area (Å²) in [5.41, 5.74) is 2.84. The SMILES string of the molecule is O=c1c(O)c(CN2CCC3(CC2)OCCO3)ccn1Cc1ccccc1.O=c1c(O)c(CN2CCCCCC2)ccn1Cc1ccccc1. The molecule has 7 rings (SSSR count). The molecule has 0 radical (unpaired) electrons. The van der Waals surface area contributed by atoms with E-state index in [1.54, 1.807) is 21.5 Å². The smallest absolute Gasteiger partial charge is 0.293 e. The Morgan fingerprint density at radius 1 is 0.551 bits per heavy atom. The highest BCUT2D eigenvalue weighted by Crippen LogP contribution is 2.32. The van der Waals surface area contributed by atoms with Crippen molar-refractivity contribution in [3.63, 3.8) is 0 Å². The Morgan fingerprint density at radius 2 is 0.980 bits per heavy atom. The molecule has 3 aliphatic heterocycles. The number of aromatic nitrogens is 2. The first-order valence-electron chi connectivity index (χ1n) is 17.5. The van der Waals surface area contributed by atoms with E-state index in [1.165, 1.54) is 25.7 Å². The number of piperidine rings is 1. The fourth-order valence-corrected chi connectivity index (χ4v) is 6.88. The molecule has 0 unspecified atom stereocenters. The van der Waals surface area contributed by atoms with Gasteiger partial charge in [-0.2, -0.15) is 0 Å². The zero-order valence-corrected chi connectivity index (χ0v) is 28.2. The van der Waals surface area contributed by atoms with Gasteiger partial charge in [-0.3, -0.25) is 19.4 Å². The van der Waals surface area contributed by atoms with Gasteiger partial charge in [0.05, 0.1) is 26.3 Å². The third-order valence-electron chi connectivity index (χ3n) is 9.76. The Morgan fingerprint density at radius 3 is 1.43 bits per heavy atom. The molecule has 0 atom stereocenters. The number of nitrogens with zero attached hydrogens (tertiary/aromatic N) is 4. The molecule has 1 spiro atoms. The Bertz CT molecular complexity index is 1750. The van der Waals surface area contributed by atoms with Crippen molar-refractivity contribution in [2.45, 2.75) is 70.5 Å². The summed E-state index contributed by atoms with van der Waals surface area (Å²) in [7, 11) is 0. The minimum Gasteiger partial charge on any atom is -0.503 e. The van der Waals surface area contributed by atoms with Crippen LogP contribution in [0.1, 0.15) is 60.8 Å². The summed E-state index contributed by atoms with van der Waals surface area (Å²) in [6.07, 6.45) is 10.2. The van der Waals surface area contributed by atoms with Crippen LogP contribution < -0.4 is 11.1 Å². The first kappa shape index (κ1) is 34.6. The van der Waals surface area contributed by atoms with Crippen molar-refractivity contribution in [1.29, 1.82) is 0 Å². The summed E-state index contributed by atoms with van der Waals surface area (Å²) < 4.78 is 14.6. The van der Waals surface area contributed by atoms with Crippen LogP contribution in [0.2, 0.25) is 0 Å². The minimum absolute atomic E-state index is 0.104. The van der Waals surface area contributed by atoms with E-state index in [2.05, 4.69) is 9.80 Å². The maximum atomic E-state index is 12.5. The molecule has 4 aromatic rings. The first-order valence-corrected chi connectivity index (χ1v) is 17.5. The molecule has 49 heavy (non-hydrogen) atoms. The fraction of sp³-hybridized carbons (Fsp3) is 0.436. The Kier molecular flexibility index (Phi) is 11.6. The Balaban J connectivity index is 0.000000171. The van der Waals surface area contributed by atoms with Crippen LogP contribution in [0.3, 0.4) is 0 Å². The van der Waals surface area contributed by atoms with Gasteiger partial charge in [0.2, 0.25) is 0 Å². The predicted molar refractivity (Wildman–Crippen MR) is 189 cm³/mol. The number of benzene rings is 2. The highest BCUT2D eigenvalue weighted by Gasteiger charge is 2.39. The lowest BCUT2D eigenvalue weighted by atomic mass is 10.0. The summed E-state index contributed by atoms with van der Waals surface area (Å²) in [4.78, 5) is 29.5. The van der Waals surface area contributed by atoms with E-state index < -0.39 is 5.79 Å². The van der Waals surface area contributed by atoms with Crippen LogP contribution in [0, 0.1) is 0 Å². The van der Waals surface area contributed by atoms with Crippen LogP contribution in [0.25, 0.3) is 0 Å². The molecule has 2 aromatic carbocycles. The number of ether oxygens (including phenoxy) is 2. The number of hydrogen-bond acceptors (Lipinski definition) is 8. The second kappa shape index (κ2) is 16.5. The normalized spacial score (nSPS) is 18.1. The van der Waals surface area contributed by atoms with Crippen LogP contribution >= 0.6 is 0 Å². The minimum atomic E-state index is -0.405. The predicted octanol–water partition coefficient (Wildman–Crippen LogP) is 4.92. The summed E-state index contributed by atoms with van der Waals surface area (Å²) in [6.45, 7) is 7.24. The standard InChI is InChI=1S/C20H24N2O4.C19H24N2O2/c23-18-17(15-21-10-7-20(8-11-21)25-12-13-26-20)6-9-22(19(18)24)14-16-4-2-1-3-5-16;22-18-17(15-20-11-6-1-2-7-12-20)10-13-21(19(18)23)14-16-8-4-3-5-9-16/h1-6,9,23H,7-8,10-15H2;3-5,8-10,13,22H,1-2,6-7,11-12,14-15H2. The van der Waals surface area contributed by atoms with Crippen LogP contribution in [0.15, 0.2) is 94.8 Å². The maximum Gasteiger partial charge on any atom is 0.293 e. The molecule has 0 saturated carbocycles. The lowest BCUT2D eigenvalue weighted by molar-refractivity contribution is -0.185. The van der Waals surface area contributed by atoms with Crippen molar-refractivity contribution < 1.29 is 19.7 Å². The van der Waals surface area contributed by atoms with E-state index in [9.17, 15) is 19.8 Å². The molecule has 10 nitrogen and oxygen atoms in total. The van der Waals surface area contributed by atoms with E-state index in [-0.39, 0.29) is 22.6 Å². The molecule has 260 valence electrons. The van der Waals surface area contributed by atoms with Crippen molar-refractivity contribution in [3.8, 4) is 11.5 Å². The molecule has 2 aromatic heterocycles. The monoisotopic (exact) mass is 668 g/mol. The zero-order chi connectivity index (χ0) is 34.1. The van der Waals surface area contributed by atoms with Crippen LogP contribution in [-0.4, -0.2) is 74.3 Å². The van der Waals surface area contributed by atoms with Crippen molar-refractivity contribution in [3.05, 3.63) is 128 Å². The van der Waals surface area contributed by atoms with Gasteiger partial charge in [0.15, 0.2) is 17.3 Å². The molecule has 3 aliphatic rings. The Hall–Kier alpha value is -4.22. The molecular weight excluding hydrogens is 620 g/mol. The highest BCUT2D eigenvalue weighted by atomic mass is 16.7. The lowest BCUT2D eigenvalue weighted by Gasteiger charge is -2.37. The molecular formula is C39H48N4O6. The van der Waals surface area contributed by atoms with E-state index in [4.69, 9.17) is 9.47 Å². The molecule has 0 amide bonds. The largest absolute Gasteiger partial charge is 0.503 e. The van der Waals surface area contributed by atoms with E-state index >= 15 is 0 Å². The van der Waals surface area contributed by atoms with Crippen molar-refractivity contribution in [2.24, 2.45) is 0 Å². The average molecular weight is 669 g/mol. The van der Waals surface area contributed by atoms with Crippen molar-refractivity contribution in [2.75, 3.05) is 39.4 Å². The van der Waals surface area contributed by atoms with Crippen LogP contribution in [-0.2, 0) is 35.7 Å². The summed E-state index contributed by atoms with van der Waals surface area (Å²) in [5, 5.41) is 20.7. The number of pyridine rings is 2. The molecule has 5 heterocycles. The van der Waals surface area contributed by atoms with Gasteiger partial charge in [-0.15, -0.1) is 0 Å². The molecule has 10 heteroatoms. The zero-order valence-electron chi connectivity index (χ0n) is 28.2. The molecule has 3 fully saturated rings. The number of aromatic hydroxyl groups is 2. The second-order valence-electron chi connectivity index (χ2n) is 13.3.